The molecule has 1 aromatic carbocycles. The van der Waals surface area contributed by atoms with Gasteiger partial charge in [0.15, 0.2) is 0 Å². The molecule has 1 aliphatic heterocycles. The molecular weight excluding hydrogens is 392 g/mol. The van der Waals surface area contributed by atoms with Crippen molar-refractivity contribution in [2.75, 3.05) is 6.54 Å². The van der Waals surface area contributed by atoms with E-state index in [2.05, 4.69) is 0 Å². The predicted molar refractivity (Wildman–Crippen MR) is 108 cm³/mol. The van der Waals surface area contributed by atoms with Gasteiger partial charge in [-0.2, -0.15) is 0 Å². The molecule has 0 saturated carbocycles. The zero-order chi connectivity index (χ0) is 23.0. The second-order valence-electron chi connectivity index (χ2n) is 8.35. The second kappa shape index (κ2) is 8.14. The molecule has 0 radical (unpaired) electrons. The third-order valence-electron chi connectivity index (χ3n) is 6.93. The molecule has 1 fully saturated rings. The number of carbonyl (C=O) groups excluding carboxylic acids is 1. The third-order valence-corrected chi connectivity index (χ3v) is 6.93. The molecule has 1 aliphatic rings. The van der Waals surface area contributed by atoms with Crippen molar-refractivity contribution in [3.05, 3.63) is 39.9 Å². The number of aliphatic carboxylic acids is 2. The number of nitro benzene ring substituents is 1. The number of hydrogen-bond donors (Lipinski definition) is 2. The zero-order valence-electron chi connectivity index (χ0n) is 17.7. The highest BCUT2D eigenvalue weighted by molar-refractivity contribution is 5.87. The minimum atomic E-state index is -1.83. The molecule has 1 aromatic rings. The number of carboxylic acids is 2. The van der Waals surface area contributed by atoms with Crippen molar-refractivity contribution in [2.45, 2.75) is 52.6 Å². The molecule has 0 spiro atoms. The summed E-state index contributed by atoms with van der Waals surface area (Å²) in [5, 5.41) is 32.1. The Morgan fingerprint density at radius 1 is 1.30 bits per heavy atom. The predicted octanol–water partition coefficient (Wildman–Crippen LogP) is 2.79. The van der Waals surface area contributed by atoms with E-state index in [9.17, 15) is 34.7 Å². The molecule has 5 unspecified atom stereocenters. The van der Waals surface area contributed by atoms with E-state index in [1.807, 2.05) is 0 Å². The van der Waals surface area contributed by atoms with Gasteiger partial charge in [0.1, 0.15) is 6.29 Å². The Bertz CT molecular complexity index is 871. The van der Waals surface area contributed by atoms with Crippen molar-refractivity contribution < 1.29 is 29.5 Å². The Morgan fingerprint density at radius 2 is 1.90 bits per heavy atom. The first-order valence-electron chi connectivity index (χ1n) is 9.84. The third kappa shape index (κ3) is 3.08. The maximum atomic E-state index is 12.9. The second-order valence-corrected chi connectivity index (χ2v) is 8.35. The lowest BCUT2D eigenvalue weighted by atomic mass is 9.48. The zero-order valence-corrected chi connectivity index (χ0v) is 17.7. The molecule has 2 N–H and O–H groups in total. The summed E-state index contributed by atoms with van der Waals surface area (Å²) in [6.45, 7) is 8.47. The fraction of sp³-hybridized carbons (Fsp3) is 0.571. The van der Waals surface area contributed by atoms with Crippen molar-refractivity contribution in [3.8, 4) is 0 Å². The number of carboxylic acid groups (broad SMARTS) is 2. The number of rotatable bonds is 7. The van der Waals surface area contributed by atoms with Crippen molar-refractivity contribution >= 4 is 23.9 Å². The summed E-state index contributed by atoms with van der Waals surface area (Å²) in [4.78, 5) is 50.0. The molecule has 0 amide bonds. The fourth-order valence-electron chi connectivity index (χ4n) is 5.51. The Morgan fingerprint density at radius 3 is 2.30 bits per heavy atom. The molecule has 164 valence electrons. The van der Waals surface area contributed by atoms with Crippen LogP contribution in [0.15, 0.2) is 24.3 Å². The minimum Gasteiger partial charge on any atom is -0.481 e. The van der Waals surface area contributed by atoms with Crippen LogP contribution in [0.5, 0.6) is 0 Å². The molecule has 0 aromatic heterocycles. The van der Waals surface area contributed by atoms with Crippen LogP contribution in [0, 0.1) is 26.9 Å². The molecule has 9 nitrogen and oxygen atoms in total. The van der Waals surface area contributed by atoms with Crippen molar-refractivity contribution in [1.82, 2.24) is 4.90 Å². The largest absolute Gasteiger partial charge is 0.481 e. The van der Waals surface area contributed by atoms with Crippen LogP contribution in [-0.4, -0.2) is 56.9 Å². The lowest BCUT2D eigenvalue weighted by Gasteiger charge is -2.61. The van der Waals surface area contributed by atoms with Crippen LogP contribution in [0.4, 0.5) is 5.69 Å². The van der Waals surface area contributed by atoms with Crippen LogP contribution in [-0.2, 0) is 14.4 Å². The summed E-state index contributed by atoms with van der Waals surface area (Å²) in [7, 11) is 0. The van der Waals surface area contributed by atoms with E-state index in [4.69, 9.17) is 0 Å². The van der Waals surface area contributed by atoms with Gasteiger partial charge in [0.25, 0.3) is 5.69 Å². The van der Waals surface area contributed by atoms with Gasteiger partial charge in [-0.1, -0.05) is 32.9 Å². The number of piperidine rings is 1. The number of likely N-dealkylation sites (tertiary alicyclic amines) is 1. The molecule has 9 heteroatoms. The van der Waals surface area contributed by atoms with Gasteiger partial charge < -0.3 is 15.0 Å². The number of benzene rings is 1. The van der Waals surface area contributed by atoms with Crippen LogP contribution >= 0.6 is 0 Å². The Balaban J connectivity index is 3.02. The summed E-state index contributed by atoms with van der Waals surface area (Å²) in [6, 6.07) is 3.60. The van der Waals surface area contributed by atoms with E-state index in [0.717, 1.165) is 0 Å². The van der Waals surface area contributed by atoms with E-state index >= 15 is 0 Å². The Labute approximate surface area is 174 Å². The van der Waals surface area contributed by atoms with Gasteiger partial charge in [-0.3, -0.25) is 24.6 Å². The summed E-state index contributed by atoms with van der Waals surface area (Å²) in [5.74, 6) is -4.24. The first-order chi connectivity index (χ1) is 13.9. The van der Waals surface area contributed by atoms with Crippen LogP contribution in [0.3, 0.4) is 0 Å². The molecule has 1 saturated heterocycles. The van der Waals surface area contributed by atoms with Crippen LogP contribution in [0.1, 0.15) is 46.1 Å². The standard InChI is InChI=1S/C21H28N2O7/c1-6-22-13(4)21(12(2)3,19(27)28)17(20(5,18(25)26)16(22)11-24)14-8-7-9-15(10-14)23(29)30/h7-13,16-17H,6H2,1-5H3,(H,25,26)(H,27,28). The van der Waals surface area contributed by atoms with Crippen molar-refractivity contribution in [2.24, 2.45) is 16.7 Å². The van der Waals surface area contributed by atoms with Gasteiger partial charge in [0.05, 0.1) is 21.8 Å². The SMILES string of the molecule is CCN1C(C=O)C(C)(C(=O)O)C(c2cccc([N+](=O)[O-])c2)C(C(=O)O)(C(C)C)C1C. The van der Waals surface area contributed by atoms with E-state index in [1.165, 1.54) is 31.2 Å². The van der Waals surface area contributed by atoms with E-state index in [-0.39, 0.29) is 17.8 Å². The number of nitrogens with zero attached hydrogens (tertiary/aromatic N) is 2. The van der Waals surface area contributed by atoms with Gasteiger partial charge >= 0.3 is 11.9 Å². The van der Waals surface area contributed by atoms with E-state index in [0.29, 0.717) is 6.29 Å². The number of hydrogen-bond acceptors (Lipinski definition) is 6. The minimum absolute atomic E-state index is 0.222. The highest BCUT2D eigenvalue weighted by atomic mass is 16.6. The normalized spacial score (nSPS) is 32.0. The van der Waals surface area contributed by atoms with Gasteiger partial charge in [-0.05, 0) is 31.9 Å². The van der Waals surface area contributed by atoms with Gasteiger partial charge in [0.2, 0.25) is 0 Å². The Kier molecular flexibility index (Phi) is 6.37. The topological polar surface area (TPSA) is 138 Å². The first kappa shape index (κ1) is 23.5. The van der Waals surface area contributed by atoms with Gasteiger partial charge in [-0.15, -0.1) is 0 Å². The quantitative estimate of drug-likeness (QED) is 0.390. The average Bonchev–Trinajstić information content (AvgIpc) is 2.67. The number of non-ortho nitro benzene ring substituents is 1. The number of carbonyl (C=O) groups is 3. The van der Waals surface area contributed by atoms with Crippen LogP contribution < -0.4 is 0 Å². The maximum absolute atomic E-state index is 12.9. The summed E-state index contributed by atoms with van der Waals surface area (Å²) in [6.07, 6.45) is 0.546. The first-order valence-corrected chi connectivity index (χ1v) is 9.84. The molecule has 0 bridgehead atoms. The summed E-state index contributed by atoms with van der Waals surface area (Å²) < 4.78 is 0. The highest BCUT2D eigenvalue weighted by Gasteiger charge is 2.69. The number of aldehydes is 1. The van der Waals surface area contributed by atoms with Gasteiger partial charge in [0, 0.05) is 24.1 Å². The molecule has 30 heavy (non-hydrogen) atoms. The smallest absolute Gasteiger partial charge is 0.312 e. The lowest BCUT2D eigenvalue weighted by Crippen LogP contribution is -2.72. The molecule has 5 atom stereocenters. The molecule has 0 aliphatic carbocycles. The monoisotopic (exact) mass is 420 g/mol. The number of likely N-dealkylation sites (N-methyl/N-ethyl adjacent to an activating group) is 1. The van der Waals surface area contributed by atoms with Crippen molar-refractivity contribution in [3.63, 3.8) is 0 Å². The summed E-state index contributed by atoms with van der Waals surface area (Å²) in [5.41, 5.74) is -3.49. The summed E-state index contributed by atoms with van der Waals surface area (Å²) >= 11 is 0. The lowest BCUT2D eigenvalue weighted by molar-refractivity contribution is -0.385. The van der Waals surface area contributed by atoms with Crippen LogP contribution in [0.25, 0.3) is 0 Å². The van der Waals surface area contributed by atoms with Crippen molar-refractivity contribution in [1.29, 1.82) is 0 Å². The van der Waals surface area contributed by atoms with Gasteiger partial charge in [-0.25, -0.2) is 0 Å². The fourth-order valence-corrected chi connectivity index (χ4v) is 5.51. The highest BCUT2D eigenvalue weighted by Crippen LogP contribution is 2.60. The molecular formula is C21H28N2O7. The maximum Gasteiger partial charge on any atom is 0.312 e. The van der Waals surface area contributed by atoms with Crippen LogP contribution in [0.2, 0.25) is 0 Å². The molecule has 1 heterocycles. The van der Waals surface area contributed by atoms with E-state index < -0.39 is 51.6 Å². The molecule has 2 rings (SSSR count). The average molecular weight is 420 g/mol. The van der Waals surface area contributed by atoms with E-state index in [1.54, 1.807) is 32.6 Å². The Hall–Kier alpha value is -2.81. The number of nitro groups is 1.